The first-order chi connectivity index (χ1) is 34.0. The lowest BCUT2D eigenvalue weighted by Gasteiger charge is -2.39. The van der Waals surface area contributed by atoms with E-state index in [1.165, 1.54) is 35.9 Å². The molecule has 4 saturated heterocycles. The fourth-order valence-electron chi connectivity index (χ4n) is 10.5. The summed E-state index contributed by atoms with van der Waals surface area (Å²) in [5.74, 6) is -1.52. The maximum Gasteiger partial charge on any atom is 0.416 e. The van der Waals surface area contributed by atoms with Gasteiger partial charge in [-0.05, 0) is 142 Å². The minimum atomic E-state index is -4.49. The second kappa shape index (κ2) is 23.0. The van der Waals surface area contributed by atoms with E-state index in [2.05, 4.69) is 48.5 Å². The average Bonchev–Trinajstić information content (AvgIpc) is 3.71. The highest BCUT2D eigenvalue weighted by Gasteiger charge is 2.42. The Morgan fingerprint density at radius 3 is 1.80 bits per heavy atom. The Balaban J connectivity index is 0.000000197. The monoisotopic (exact) mass is 1010 g/mol. The van der Waals surface area contributed by atoms with E-state index in [4.69, 9.17) is 23.2 Å². The molecule has 5 aromatic rings. The second-order valence-electron chi connectivity index (χ2n) is 18.9. The highest BCUT2D eigenvalue weighted by molar-refractivity contribution is 6.31. The Morgan fingerprint density at radius 2 is 1.21 bits per heavy atom. The number of hydrogen-bond acceptors (Lipinski definition) is 7. The second-order valence-corrected chi connectivity index (χ2v) is 19.8. The van der Waals surface area contributed by atoms with Crippen molar-refractivity contribution in [2.45, 2.75) is 120 Å². The molecule has 4 heterocycles. The molecule has 0 aromatic heterocycles. The predicted molar refractivity (Wildman–Crippen MR) is 267 cm³/mol. The van der Waals surface area contributed by atoms with E-state index in [-0.39, 0.29) is 53.4 Å². The first-order valence-electron chi connectivity index (χ1n) is 24.0. The van der Waals surface area contributed by atoms with E-state index in [1.54, 1.807) is 61.5 Å². The van der Waals surface area contributed by atoms with Gasteiger partial charge < -0.3 is 26.6 Å². The summed E-state index contributed by atoms with van der Waals surface area (Å²) in [6, 6.07) is 33.6. The van der Waals surface area contributed by atoms with Crippen molar-refractivity contribution >= 4 is 58.2 Å². The van der Waals surface area contributed by atoms with E-state index in [9.17, 15) is 36.7 Å². The summed E-state index contributed by atoms with van der Waals surface area (Å²) >= 11 is 12.0. The number of halogens is 6. The van der Waals surface area contributed by atoms with Crippen molar-refractivity contribution in [3.8, 4) is 0 Å². The smallest absolute Gasteiger partial charge is 0.355 e. The van der Waals surface area contributed by atoms with Gasteiger partial charge in [0.1, 0.15) is 11.9 Å². The van der Waals surface area contributed by atoms with Crippen LogP contribution in [-0.4, -0.2) is 82.3 Å². The van der Waals surface area contributed by atoms with Crippen molar-refractivity contribution in [3.05, 3.63) is 165 Å². The van der Waals surface area contributed by atoms with Crippen LogP contribution in [0.2, 0.25) is 10.0 Å². The van der Waals surface area contributed by atoms with Gasteiger partial charge in [-0.25, -0.2) is 4.39 Å². The molecule has 4 fully saturated rings. The molecule has 17 heteroatoms. The molecule has 11 nitrogen and oxygen atoms in total. The van der Waals surface area contributed by atoms with Gasteiger partial charge in [0, 0.05) is 70.6 Å². The van der Waals surface area contributed by atoms with Crippen LogP contribution in [-0.2, 0) is 28.9 Å². The zero-order valence-corrected chi connectivity index (χ0v) is 40.7. The molecule has 0 spiro atoms. The topological polar surface area (TPSA) is 135 Å². The van der Waals surface area contributed by atoms with E-state index in [0.29, 0.717) is 40.4 Å². The van der Waals surface area contributed by atoms with Crippen molar-refractivity contribution in [2.75, 3.05) is 11.9 Å². The summed E-state index contributed by atoms with van der Waals surface area (Å²) in [6.07, 6.45) is 3.41. The Hall–Kier alpha value is -6.00. The number of para-hydroxylation sites is 1. The summed E-state index contributed by atoms with van der Waals surface area (Å²) < 4.78 is 52.5. The molecule has 0 aliphatic carbocycles. The fourth-order valence-corrected chi connectivity index (χ4v) is 10.8. The molecule has 4 aliphatic heterocycles. The predicted octanol–water partition coefficient (Wildman–Crippen LogP) is 10.1. The third-order valence-electron chi connectivity index (χ3n) is 13.9. The molecule has 4 amide bonds. The lowest BCUT2D eigenvalue weighted by molar-refractivity contribution is -0.137. The van der Waals surface area contributed by atoms with E-state index in [0.717, 1.165) is 87.2 Å². The van der Waals surface area contributed by atoms with Gasteiger partial charge in [0.2, 0.25) is 11.8 Å². The summed E-state index contributed by atoms with van der Waals surface area (Å²) in [5.41, 5.74) is 2.69. The minimum absolute atomic E-state index is 0.00114. The molecule has 4 aliphatic rings. The number of alkyl halides is 3. The molecule has 2 unspecified atom stereocenters. The largest absolute Gasteiger partial charge is 0.416 e. The standard InChI is InChI=1S/C30H30F4N4O2.C24H27Cl2N3O2/c31-21-10-8-19(9-11-21)18-38-24-12-13-25(38)16-23(15-24)37-28(39)17-35-29(40)26-6-1-2-7-27(26)36-22-5-3-4-20(14-22)30(32,33)34;1-15(27-24(31)17-3-2-4-19(26)11-17)23(30)28-20-12-21-9-10-22(13-20)29(21)14-16-5-7-18(25)8-6-16/h1-11,14,23-25,36H,12-13,15-18H2,(H,35,40)(H,37,39);2-8,11,15,20-22H,9-10,12-14H2,1H3,(H,27,31)(H,28,30)/t23?,24-,25+;15-,20?,21-,22+/m.0/s1. The number of carbonyl (C=O) groups is 4. The Labute approximate surface area is 421 Å². The molecule has 9 rings (SSSR count). The Bertz CT molecular complexity index is 2650. The number of nitrogens with one attached hydrogen (secondary N) is 5. The van der Waals surface area contributed by atoms with Crippen LogP contribution < -0.4 is 26.6 Å². The molecule has 0 radical (unpaired) electrons. The third-order valence-corrected chi connectivity index (χ3v) is 14.4. The highest BCUT2D eigenvalue weighted by Crippen LogP contribution is 2.39. The van der Waals surface area contributed by atoms with Gasteiger partial charge in [0.05, 0.1) is 23.4 Å². The van der Waals surface area contributed by atoms with Crippen molar-refractivity contribution in [2.24, 2.45) is 0 Å². The number of benzene rings is 5. The van der Waals surface area contributed by atoms with Gasteiger partial charge >= 0.3 is 6.18 Å². The van der Waals surface area contributed by atoms with Crippen LogP contribution in [0.1, 0.15) is 95.7 Å². The summed E-state index contributed by atoms with van der Waals surface area (Å²) in [6.45, 7) is 3.16. The summed E-state index contributed by atoms with van der Waals surface area (Å²) in [4.78, 5) is 55.7. The van der Waals surface area contributed by atoms with Gasteiger partial charge in [-0.1, -0.05) is 71.7 Å². The number of fused-ring (bicyclic) bond motifs is 4. The number of nitrogens with zero attached hydrogens (tertiary/aromatic N) is 2. The lowest BCUT2D eigenvalue weighted by Crippen LogP contribution is -2.53. The van der Waals surface area contributed by atoms with Crippen molar-refractivity contribution in [1.29, 1.82) is 0 Å². The van der Waals surface area contributed by atoms with Crippen molar-refractivity contribution < 1.29 is 36.7 Å². The van der Waals surface area contributed by atoms with Gasteiger partial charge in [0.25, 0.3) is 11.8 Å². The fraction of sp³-hybridized carbons (Fsp3) is 0.370. The number of hydrogen-bond donors (Lipinski definition) is 5. The highest BCUT2D eigenvalue weighted by atomic mass is 35.5. The molecule has 374 valence electrons. The quantitative estimate of drug-likeness (QED) is 0.0700. The molecule has 5 aromatic carbocycles. The number of amides is 4. The van der Waals surface area contributed by atoms with Gasteiger partial charge in [-0.2, -0.15) is 13.2 Å². The molecule has 71 heavy (non-hydrogen) atoms. The van der Waals surface area contributed by atoms with Crippen LogP contribution in [0.3, 0.4) is 0 Å². The summed E-state index contributed by atoms with van der Waals surface area (Å²) in [5, 5.41) is 15.7. The zero-order valence-electron chi connectivity index (χ0n) is 39.2. The molecule has 7 atom stereocenters. The number of anilines is 2. The van der Waals surface area contributed by atoms with Crippen molar-refractivity contribution in [1.82, 2.24) is 31.1 Å². The third kappa shape index (κ3) is 13.7. The normalized spacial score (nSPS) is 22.1. The molecule has 5 N–H and O–H groups in total. The Morgan fingerprint density at radius 1 is 0.648 bits per heavy atom. The van der Waals surface area contributed by atoms with E-state index >= 15 is 0 Å². The van der Waals surface area contributed by atoms with E-state index in [1.807, 2.05) is 12.1 Å². The van der Waals surface area contributed by atoms with Crippen LogP contribution in [0.25, 0.3) is 0 Å². The van der Waals surface area contributed by atoms with Crippen LogP contribution in [0.15, 0.2) is 121 Å². The number of piperidine rings is 2. The molecular weight excluding hydrogens is 958 g/mol. The number of rotatable bonds is 14. The summed E-state index contributed by atoms with van der Waals surface area (Å²) in [7, 11) is 0. The average molecular weight is 1010 g/mol. The first kappa shape index (κ1) is 51.4. The van der Waals surface area contributed by atoms with E-state index < -0.39 is 23.7 Å². The Kier molecular flexibility index (Phi) is 16.7. The van der Waals surface area contributed by atoms with Crippen molar-refractivity contribution in [3.63, 3.8) is 0 Å². The van der Waals surface area contributed by atoms with Gasteiger partial charge in [-0.15, -0.1) is 0 Å². The van der Waals surface area contributed by atoms with Crippen LogP contribution >= 0.6 is 23.2 Å². The maximum atomic E-state index is 13.3. The lowest BCUT2D eigenvalue weighted by atomic mass is 9.96. The zero-order chi connectivity index (χ0) is 50.2. The number of carbonyl (C=O) groups excluding carboxylic acids is 4. The molecule has 0 saturated carbocycles. The van der Waals surface area contributed by atoms with Gasteiger partial charge in [-0.3, -0.25) is 29.0 Å². The first-order valence-corrected chi connectivity index (χ1v) is 24.8. The molecule has 4 bridgehead atoms. The molecular formula is C54H57Cl2F4N7O4. The minimum Gasteiger partial charge on any atom is -0.355 e. The van der Waals surface area contributed by atoms with Gasteiger partial charge in [0.15, 0.2) is 0 Å². The maximum absolute atomic E-state index is 13.3. The van der Waals surface area contributed by atoms with Crippen LogP contribution in [0.4, 0.5) is 28.9 Å². The van der Waals surface area contributed by atoms with Crippen LogP contribution in [0.5, 0.6) is 0 Å². The van der Waals surface area contributed by atoms with Crippen LogP contribution in [0, 0.1) is 5.82 Å². The SMILES string of the molecule is C[C@H](NC(=O)c1cccc(Cl)c1)C(=O)NC1C[C@H]2CC[C@@H](C1)N2Cc1ccc(Cl)cc1.O=C(CNC(=O)c1ccccc1Nc1cccc(C(F)(F)F)c1)NC1C[C@H]2CC[C@@H](C1)N2Cc1ccc(F)cc1.